The molecule has 1 aromatic rings. The maximum Gasteiger partial charge on any atom is 0.254 e. The third-order valence-corrected chi connectivity index (χ3v) is 2.47. The summed E-state index contributed by atoms with van der Waals surface area (Å²) in [5.41, 5.74) is 0.144. The van der Waals surface area contributed by atoms with Gasteiger partial charge in [0.25, 0.3) is 5.91 Å². The number of rotatable bonds is 1. The maximum absolute atomic E-state index is 11.9. The maximum atomic E-state index is 11.9. The van der Waals surface area contributed by atoms with Crippen LogP contribution in [0.2, 0.25) is 10.0 Å². The highest BCUT2D eigenvalue weighted by atomic mass is 35.5. The molecule has 0 saturated heterocycles. The lowest BCUT2D eigenvalue weighted by Gasteiger charge is -2.21. The molecular formula is C12H12Cl2N2O. The zero-order valence-electron chi connectivity index (χ0n) is 9.77. The predicted octanol–water partition coefficient (Wildman–Crippen LogP) is 4.07. The molecule has 0 radical (unpaired) electrons. The van der Waals surface area contributed by atoms with Gasteiger partial charge in [0.15, 0.2) is 5.69 Å². The molecule has 17 heavy (non-hydrogen) atoms. The summed E-state index contributed by atoms with van der Waals surface area (Å²) < 4.78 is 0. The summed E-state index contributed by atoms with van der Waals surface area (Å²) in [6.07, 6.45) is 0. The number of halogens is 2. The highest BCUT2D eigenvalue weighted by Crippen LogP contribution is 2.30. The number of benzene rings is 1. The van der Waals surface area contributed by atoms with Crippen molar-refractivity contribution in [2.24, 2.45) is 0 Å². The van der Waals surface area contributed by atoms with Crippen molar-refractivity contribution in [1.82, 2.24) is 5.32 Å². The Morgan fingerprint density at radius 3 is 2.12 bits per heavy atom. The third kappa shape index (κ3) is 3.62. The molecule has 0 aliphatic carbocycles. The molecule has 0 aromatic heterocycles. The molecule has 0 heterocycles. The number of hydrogen-bond donors (Lipinski definition) is 1. The average molecular weight is 271 g/mol. The molecule has 5 heteroatoms. The van der Waals surface area contributed by atoms with Crippen LogP contribution in [0.1, 0.15) is 31.1 Å². The fraction of sp³-hybridized carbons (Fsp3) is 0.333. The summed E-state index contributed by atoms with van der Waals surface area (Å²) in [6, 6.07) is 2.86. The molecule has 0 saturated carbocycles. The van der Waals surface area contributed by atoms with E-state index in [1.54, 1.807) is 0 Å². The number of nitrogens with one attached hydrogen (secondary N) is 1. The number of nitrogens with zero attached hydrogens (tertiary/aromatic N) is 1. The molecule has 1 N–H and O–H groups in total. The first-order valence-electron chi connectivity index (χ1n) is 4.93. The van der Waals surface area contributed by atoms with Gasteiger partial charge in [0.05, 0.1) is 12.1 Å². The molecule has 0 aliphatic heterocycles. The molecule has 1 rings (SSSR count). The molecular weight excluding hydrogens is 259 g/mol. The van der Waals surface area contributed by atoms with E-state index in [4.69, 9.17) is 29.8 Å². The summed E-state index contributed by atoms with van der Waals surface area (Å²) in [5, 5.41) is 3.14. The molecule has 0 bridgehead atoms. The van der Waals surface area contributed by atoms with Crippen molar-refractivity contribution in [2.75, 3.05) is 0 Å². The number of carbonyl (C=O) groups excluding carboxylic acids is 1. The predicted molar refractivity (Wildman–Crippen MR) is 69.9 cm³/mol. The minimum atomic E-state index is -0.373. The second-order valence-electron chi connectivity index (χ2n) is 4.60. The van der Waals surface area contributed by atoms with Crippen molar-refractivity contribution in [1.29, 1.82) is 0 Å². The normalized spacial score (nSPS) is 10.8. The van der Waals surface area contributed by atoms with E-state index in [0.717, 1.165) is 0 Å². The van der Waals surface area contributed by atoms with Crippen LogP contribution in [0.25, 0.3) is 4.85 Å². The Bertz CT molecular complexity index is 475. The first kappa shape index (κ1) is 13.8. The van der Waals surface area contributed by atoms with E-state index < -0.39 is 0 Å². The highest BCUT2D eigenvalue weighted by molar-refractivity contribution is 6.40. The van der Waals surface area contributed by atoms with Crippen LogP contribution >= 0.6 is 23.2 Å². The third-order valence-electron chi connectivity index (χ3n) is 1.87. The quantitative estimate of drug-likeness (QED) is 0.767. The summed E-state index contributed by atoms with van der Waals surface area (Å²) in [6.45, 7) is 12.5. The van der Waals surface area contributed by atoms with Crippen molar-refractivity contribution < 1.29 is 4.79 Å². The van der Waals surface area contributed by atoms with Gasteiger partial charge in [-0.1, -0.05) is 23.2 Å². The molecule has 0 aliphatic rings. The second-order valence-corrected chi connectivity index (χ2v) is 5.41. The van der Waals surface area contributed by atoms with E-state index in [2.05, 4.69) is 10.2 Å². The van der Waals surface area contributed by atoms with E-state index in [1.807, 2.05) is 20.8 Å². The average Bonchev–Trinajstić information content (AvgIpc) is 2.13. The smallest absolute Gasteiger partial charge is 0.254 e. The summed E-state index contributed by atoms with van der Waals surface area (Å²) >= 11 is 11.9. The Labute approximate surface area is 111 Å². The van der Waals surface area contributed by atoms with E-state index in [9.17, 15) is 4.79 Å². The summed E-state index contributed by atoms with van der Waals surface area (Å²) in [4.78, 5) is 15.2. The first-order valence-corrected chi connectivity index (χ1v) is 5.69. The van der Waals surface area contributed by atoms with Gasteiger partial charge in [0.1, 0.15) is 0 Å². The van der Waals surface area contributed by atoms with Crippen LogP contribution in [-0.4, -0.2) is 11.4 Å². The zero-order valence-corrected chi connectivity index (χ0v) is 11.3. The Kier molecular flexibility index (Phi) is 4.03. The second kappa shape index (κ2) is 4.95. The minimum absolute atomic E-state index is 0.185. The standard InChI is InChI=1S/C12H12Cl2N2O/c1-12(2,3)16-11(17)10-8(13)5-7(15-4)6-9(10)14/h5-6H,1-3H3,(H,16,17). The summed E-state index contributed by atoms with van der Waals surface area (Å²) in [5.74, 6) is -0.343. The van der Waals surface area contributed by atoms with Gasteiger partial charge in [-0.2, -0.15) is 0 Å². The largest absolute Gasteiger partial charge is 0.347 e. The van der Waals surface area contributed by atoms with Gasteiger partial charge < -0.3 is 5.32 Å². The number of carbonyl (C=O) groups is 1. The van der Waals surface area contributed by atoms with E-state index >= 15 is 0 Å². The molecule has 0 atom stereocenters. The van der Waals surface area contributed by atoms with Crippen LogP contribution in [-0.2, 0) is 0 Å². The Morgan fingerprint density at radius 1 is 1.29 bits per heavy atom. The lowest BCUT2D eigenvalue weighted by Crippen LogP contribution is -2.40. The molecule has 1 aromatic carbocycles. The molecule has 1 amide bonds. The van der Waals surface area contributed by atoms with E-state index in [0.29, 0.717) is 5.69 Å². The SMILES string of the molecule is [C-]#[N+]c1cc(Cl)c(C(=O)NC(C)(C)C)c(Cl)c1. The van der Waals surface area contributed by atoms with Gasteiger partial charge >= 0.3 is 0 Å². The molecule has 0 fully saturated rings. The van der Waals surface area contributed by atoms with Gasteiger partial charge in [-0.15, -0.1) is 0 Å². The fourth-order valence-corrected chi connectivity index (χ4v) is 1.89. The van der Waals surface area contributed by atoms with Crippen LogP contribution in [0.15, 0.2) is 12.1 Å². The van der Waals surface area contributed by atoms with Crippen LogP contribution in [0.5, 0.6) is 0 Å². The lowest BCUT2D eigenvalue weighted by atomic mass is 10.1. The van der Waals surface area contributed by atoms with Gasteiger partial charge in [0, 0.05) is 15.6 Å². The van der Waals surface area contributed by atoms with Crippen LogP contribution in [0, 0.1) is 6.57 Å². The van der Waals surface area contributed by atoms with E-state index in [1.165, 1.54) is 12.1 Å². The van der Waals surface area contributed by atoms with Crippen molar-refractivity contribution in [2.45, 2.75) is 26.3 Å². The topological polar surface area (TPSA) is 33.5 Å². The van der Waals surface area contributed by atoms with Gasteiger partial charge in [-0.05, 0) is 32.9 Å². The van der Waals surface area contributed by atoms with Gasteiger partial charge in [0.2, 0.25) is 0 Å². The van der Waals surface area contributed by atoms with Crippen LogP contribution in [0.3, 0.4) is 0 Å². The van der Waals surface area contributed by atoms with Crippen molar-refractivity contribution >= 4 is 34.8 Å². The van der Waals surface area contributed by atoms with E-state index in [-0.39, 0.29) is 27.1 Å². The van der Waals surface area contributed by atoms with Crippen molar-refractivity contribution in [3.8, 4) is 0 Å². The molecule has 90 valence electrons. The summed E-state index contributed by atoms with van der Waals surface area (Å²) in [7, 11) is 0. The Morgan fingerprint density at radius 2 is 1.76 bits per heavy atom. The lowest BCUT2D eigenvalue weighted by molar-refractivity contribution is 0.0920. The van der Waals surface area contributed by atoms with Crippen LogP contribution < -0.4 is 5.32 Å². The first-order chi connectivity index (χ1) is 7.74. The van der Waals surface area contributed by atoms with Gasteiger partial charge in [-0.25, -0.2) is 4.85 Å². The van der Waals surface area contributed by atoms with Crippen molar-refractivity contribution in [3.63, 3.8) is 0 Å². The highest BCUT2D eigenvalue weighted by Gasteiger charge is 2.20. The number of hydrogen-bond acceptors (Lipinski definition) is 1. The number of amides is 1. The van der Waals surface area contributed by atoms with Gasteiger partial charge in [-0.3, -0.25) is 4.79 Å². The fourth-order valence-electron chi connectivity index (χ4n) is 1.24. The van der Waals surface area contributed by atoms with Crippen LogP contribution in [0.4, 0.5) is 5.69 Å². The molecule has 0 spiro atoms. The monoisotopic (exact) mass is 270 g/mol. The molecule has 3 nitrogen and oxygen atoms in total. The molecule has 0 unspecified atom stereocenters. The Hall–Kier alpha value is -1.24. The van der Waals surface area contributed by atoms with Crippen molar-refractivity contribution in [3.05, 3.63) is 39.2 Å². The zero-order chi connectivity index (χ0) is 13.2. The Balaban J connectivity index is 3.16. The minimum Gasteiger partial charge on any atom is -0.347 e.